The highest BCUT2D eigenvalue weighted by atomic mass is 16.6. The van der Waals surface area contributed by atoms with E-state index in [1.54, 1.807) is 0 Å². The molecule has 7 heteroatoms. The molecule has 0 aromatic rings. The number of amides is 1. The molecular formula is C23H44N4O3. The maximum absolute atomic E-state index is 12.8. The second kappa shape index (κ2) is 10.7. The number of likely N-dealkylation sites (tertiary alicyclic amines) is 1. The molecule has 1 unspecified atom stereocenters. The Kier molecular flexibility index (Phi) is 8.83. The summed E-state index contributed by atoms with van der Waals surface area (Å²) in [5, 5.41) is 13.1. The van der Waals surface area contributed by atoms with Gasteiger partial charge in [0, 0.05) is 37.6 Å². The van der Waals surface area contributed by atoms with Crippen molar-refractivity contribution in [1.82, 2.24) is 15.1 Å². The first-order valence-corrected chi connectivity index (χ1v) is 11.7. The molecule has 2 N–H and O–H groups in total. The second-order valence-electron chi connectivity index (χ2n) is 10.3. The van der Waals surface area contributed by atoms with Crippen molar-refractivity contribution in [3.8, 4) is 0 Å². The maximum Gasteiger partial charge on any atom is 0.410 e. The second-order valence-corrected chi connectivity index (χ2v) is 10.3. The highest BCUT2D eigenvalue weighted by Gasteiger charge is 2.35. The Balaban J connectivity index is 2.00. The zero-order valence-electron chi connectivity index (χ0n) is 20.0. The smallest absolute Gasteiger partial charge is 0.410 e. The van der Waals surface area contributed by atoms with Crippen LogP contribution in [0.3, 0.4) is 0 Å². The van der Waals surface area contributed by atoms with Crippen LogP contribution in [-0.4, -0.2) is 77.9 Å². The lowest BCUT2D eigenvalue weighted by Gasteiger charge is -2.40. The van der Waals surface area contributed by atoms with E-state index >= 15 is 0 Å². The first-order chi connectivity index (χ1) is 14.1. The van der Waals surface area contributed by atoms with Crippen LogP contribution in [0.1, 0.15) is 73.6 Å². The number of nitrogens with one attached hydrogen (secondary N) is 1. The van der Waals surface area contributed by atoms with Gasteiger partial charge in [-0.05, 0) is 65.7 Å². The number of carbonyl (C=O) groups is 1. The molecule has 0 spiro atoms. The maximum atomic E-state index is 12.8. The first-order valence-electron chi connectivity index (χ1n) is 11.7. The third kappa shape index (κ3) is 7.64. The molecule has 1 saturated heterocycles. The Bertz CT molecular complexity index is 571. The van der Waals surface area contributed by atoms with Gasteiger partial charge >= 0.3 is 6.09 Å². The van der Waals surface area contributed by atoms with Crippen molar-refractivity contribution in [3.05, 3.63) is 0 Å². The lowest BCUT2D eigenvalue weighted by atomic mass is 9.89. The van der Waals surface area contributed by atoms with Crippen LogP contribution in [0.25, 0.3) is 0 Å². The Morgan fingerprint density at radius 3 is 2.27 bits per heavy atom. The van der Waals surface area contributed by atoms with E-state index in [1.165, 1.54) is 12.8 Å². The number of piperidine rings is 1. The molecule has 0 aromatic heterocycles. The fourth-order valence-electron chi connectivity index (χ4n) is 3.63. The Morgan fingerprint density at radius 2 is 1.80 bits per heavy atom. The van der Waals surface area contributed by atoms with Gasteiger partial charge in [0.1, 0.15) is 5.60 Å². The van der Waals surface area contributed by atoms with Crippen LogP contribution in [0.15, 0.2) is 4.99 Å². The van der Waals surface area contributed by atoms with Crippen LogP contribution >= 0.6 is 0 Å². The summed E-state index contributed by atoms with van der Waals surface area (Å²) in [7, 11) is 0. The predicted octanol–water partition coefficient (Wildman–Crippen LogP) is 3.47. The molecule has 7 nitrogen and oxygen atoms in total. The molecule has 174 valence electrons. The summed E-state index contributed by atoms with van der Waals surface area (Å²) in [5.74, 6) is 1.55. The molecule has 1 heterocycles. The van der Waals surface area contributed by atoms with E-state index in [9.17, 15) is 9.90 Å². The molecular weight excluding hydrogens is 380 g/mol. The normalized spacial score (nSPS) is 20.6. The predicted molar refractivity (Wildman–Crippen MR) is 122 cm³/mol. The average molecular weight is 425 g/mol. The zero-order valence-corrected chi connectivity index (χ0v) is 20.0. The number of nitrogens with zero attached hydrogens (tertiary/aromatic N) is 3. The van der Waals surface area contributed by atoms with Gasteiger partial charge < -0.3 is 25.0 Å². The molecule has 1 aliphatic carbocycles. The summed E-state index contributed by atoms with van der Waals surface area (Å²) < 4.78 is 5.71. The van der Waals surface area contributed by atoms with Gasteiger partial charge in [-0.25, -0.2) is 4.79 Å². The molecule has 1 atom stereocenters. The van der Waals surface area contributed by atoms with Crippen LogP contribution in [0, 0.1) is 11.3 Å². The molecule has 1 amide bonds. The van der Waals surface area contributed by atoms with E-state index in [-0.39, 0.29) is 24.2 Å². The number of hydrogen-bond donors (Lipinski definition) is 2. The number of rotatable bonds is 8. The first kappa shape index (κ1) is 24.8. The highest BCUT2D eigenvalue weighted by molar-refractivity contribution is 5.80. The molecule has 2 aliphatic rings. The summed E-state index contributed by atoms with van der Waals surface area (Å²) in [5.41, 5.74) is -0.653. The van der Waals surface area contributed by atoms with Gasteiger partial charge in [0.15, 0.2) is 5.96 Å². The Labute approximate surface area is 183 Å². The van der Waals surface area contributed by atoms with Crippen molar-refractivity contribution in [2.45, 2.75) is 85.3 Å². The number of aliphatic hydroxyl groups is 1. The van der Waals surface area contributed by atoms with Crippen LogP contribution in [0.2, 0.25) is 0 Å². The van der Waals surface area contributed by atoms with Gasteiger partial charge in [0.05, 0.1) is 13.2 Å². The van der Waals surface area contributed by atoms with E-state index < -0.39 is 5.60 Å². The fourth-order valence-corrected chi connectivity index (χ4v) is 3.63. The SMILES string of the molecule is CCNC(=NCC(C)(CC)CO)N1CCC(N(CC2CC2)C(=O)OC(C)(C)C)CC1. The standard InChI is InChI=1S/C23H44N4O3/c1-7-23(6,17-28)16-25-20(24-8-2)26-13-11-19(12-14-26)27(15-18-9-10-18)21(29)30-22(3,4)5/h18-19,28H,7-17H2,1-6H3,(H,24,25). The summed E-state index contributed by atoms with van der Waals surface area (Å²) in [6.07, 6.45) is 4.99. The Morgan fingerprint density at radius 1 is 1.17 bits per heavy atom. The van der Waals surface area contributed by atoms with Gasteiger partial charge in [-0.15, -0.1) is 0 Å². The van der Waals surface area contributed by atoms with Crippen LogP contribution < -0.4 is 5.32 Å². The molecule has 1 saturated carbocycles. The summed E-state index contributed by atoms with van der Waals surface area (Å²) in [6, 6.07) is 0.220. The number of hydrogen-bond acceptors (Lipinski definition) is 4. The van der Waals surface area contributed by atoms with Crippen molar-refractivity contribution < 1.29 is 14.6 Å². The van der Waals surface area contributed by atoms with Gasteiger partial charge in [0.25, 0.3) is 0 Å². The third-order valence-corrected chi connectivity index (χ3v) is 6.17. The van der Waals surface area contributed by atoms with Crippen LogP contribution in [0.5, 0.6) is 0 Å². The van der Waals surface area contributed by atoms with Gasteiger partial charge in [-0.1, -0.05) is 13.8 Å². The minimum atomic E-state index is -0.469. The molecule has 2 fully saturated rings. The van der Waals surface area contributed by atoms with Gasteiger partial charge in [0.2, 0.25) is 0 Å². The lowest BCUT2D eigenvalue weighted by molar-refractivity contribution is 0.00927. The number of aliphatic hydroxyl groups excluding tert-OH is 1. The molecule has 2 rings (SSSR count). The Hall–Kier alpha value is -1.50. The number of aliphatic imine (C=N–C) groups is 1. The van der Waals surface area contributed by atoms with Gasteiger partial charge in [-0.2, -0.15) is 0 Å². The minimum absolute atomic E-state index is 0.139. The summed E-state index contributed by atoms with van der Waals surface area (Å²) in [4.78, 5) is 22.0. The highest BCUT2D eigenvalue weighted by Crippen LogP contribution is 2.32. The molecule has 0 aromatic carbocycles. The van der Waals surface area contributed by atoms with E-state index in [0.29, 0.717) is 12.5 Å². The quantitative estimate of drug-likeness (QED) is 0.461. The van der Waals surface area contributed by atoms with E-state index in [0.717, 1.165) is 51.4 Å². The largest absolute Gasteiger partial charge is 0.444 e. The number of ether oxygens (including phenoxy) is 1. The topological polar surface area (TPSA) is 77.4 Å². The van der Waals surface area contributed by atoms with Crippen molar-refractivity contribution in [3.63, 3.8) is 0 Å². The summed E-state index contributed by atoms with van der Waals surface area (Å²) >= 11 is 0. The van der Waals surface area contributed by atoms with E-state index in [2.05, 4.69) is 31.0 Å². The van der Waals surface area contributed by atoms with Gasteiger partial charge in [-0.3, -0.25) is 4.99 Å². The molecule has 0 bridgehead atoms. The third-order valence-electron chi connectivity index (χ3n) is 6.17. The monoisotopic (exact) mass is 424 g/mol. The molecule has 30 heavy (non-hydrogen) atoms. The van der Waals surface area contributed by atoms with Crippen molar-refractivity contribution >= 4 is 12.1 Å². The van der Waals surface area contributed by atoms with Crippen molar-refractivity contribution in [2.24, 2.45) is 16.3 Å². The zero-order chi connectivity index (χ0) is 22.4. The number of carbonyl (C=O) groups excluding carboxylic acids is 1. The molecule has 0 radical (unpaired) electrons. The van der Waals surface area contributed by atoms with E-state index in [4.69, 9.17) is 9.73 Å². The van der Waals surface area contributed by atoms with Crippen LogP contribution in [0.4, 0.5) is 4.79 Å². The fraction of sp³-hybridized carbons (Fsp3) is 0.913. The van der Waals surface area contributed by atoms with Crippen LogP contribution in [-0.2, 0) is 4.74 Å². The number of guanidine groups is 1. The van der Waals surface area contributed by atoms with Crippen molar-refractivity contribution in [2.75, 3.05) is 39.3 Å². The summed E-state index contributed by atoms with van der Waals surface area (Å²) in [6.45, 7) is 16.1. The average Bonchev–Trinajstić information content (AvgIpc) is 3.52. The minimum Gasteiger partial charge on any atom is -0.444 e. The molecule has 1 aliphatic heterocycles. The lowest BCUT2D eigenvalue weighted by Crippen LogP contribution is -2.52. The van der Waals surface area contributed by atoms with E-state index in [1.807, 2.05) is 25.7 Å². The van der Waals surface area contributed by atoms with Crippen molar-refractivity contribution in [1.29, 1.82) is 0 Å².